The lowest BCUT2D eigenvalue weighted by molar-refractivity contribution is 0.122. The molecule has 21 heavy (non-hydrogen) atoms. The number of ether oxygens (including phenoxy) is 2. The van der Waals surface area contributed by atoms with Crippen LogP contribution in [0.3, 0.4) is 0 Å². The second-order valence-electron chi connectivity index (χ2n) is 4.44. The number of nitrogen functional groups attached to an aromatic ring is 1. The van der Waals surface area contributed by atoms with E-state index in [0.717, 1.165) is 0 Å². The maximum absolute atomic E-state index is 13.1. The second-order valence-corrected chi connectivity index (χ2v) is 4.44. The third-order valence-corrected chi connectivity index (χ3v) is 2.92. The molecule has 0 saturated carbocycles. The molecule has 1 aromatic carbocycles. The van der Waals surface area contributed by atoms with Crippen molar-refractivity contribution >= 4 is 11.9 Å². The molecule has 2 aromatic rings. The van der Waals surface area contributed by atoms with Gasteiger partial charge in [0.25, 0.3) is 0 Å². The zero-order valence-electron chi connectivity index (χ0n) is 11.2. The Labute approximate surface area is 120 Å². The maximum atomic E-state index is 13.1. The van der Waals surface area contributed by atoms with Crippen LogP contribution >= 0.6 is 0 Å². The van der Waals surface area contributed by atoms with E-state index in [1.54, 1.807) is 6.07 Å². The molecule has 1 aliphatic rings. The molecule has 1 saturated heterocycles. The van der Waals surface area contributed by atoms with Gasteiger partial charge in [0.05, 0.1) is 13.2 Å². The number of anilines is 2. The predicted molar refractivity (Wildman–Crippen MR) is 73.7 cm³/mol. The molecule has 0 radical (unpaired) electrons. The number of hydrogen-bond donors (Lipinski definition) is 1. The zero-order valence-corrected chi connectivity index (χ0v) is 11.2. The highest BCUT2D eigenvalue weighted by atomic mass is 19.1. The fourth-order valence-electron chi connectivity index (χ4n) is 1.95. The van der Waals surface area contributed by atoms with Gasteiger partial charge in [-0.25, -0.2) is 4.39 Å². The van der Waals surface area contributed by atoms with Crippen molar-refractivity contribution in [3.8, 4) is 11.8 Å². The molecule has 110 valence electrons. The molecule has 0 spiro atoms. The average molecular weight is 291 g/mol. The van der Waals surface area contributed by atoms with Crippen molar-refractivity contribution in [2.24, 2.45) is 0 Å². The molecule has 1 fully saturated rings. The highest BCUT2D eigenvalue weighted by Crippen LogP contribution is 2.21. The van der Waals surface area contributed by atoms with E-state index >= 15 is 0 Å². The Morgan fingerprint density at radius 2 is 2.00 bits per heavy atom. The Bertz CT molecular complexity index is 634. The topological polar surface area (TPSA) is 86.4 Å². The number of hydrogen-bond acceptors (Lipinski definition) is 7. The lowest BCUT2D eigenvalue weighted by Crippen LogP contribution is -2.37. The van der Waals surface area contributed by atoms with Gasteiger partial charge in [-0.05, 0) is 12.1 Å². The van der Waals surface area contributed by atoms with Gasteiger partial charge in [0.2, 0.25) is 11.9 Å². The fourth-order valence-corrected chi connectivity index (χ4v) is 1.95. The largest absolute Gasteiger partial charge is 0.424 e. The van der Waals surface area contributed by atoms with Crippen LogP contribution in [-0.4, -0.2) is 41.3 Å². The molecule has 8 heteroatoms. The molecule has 0 aliphatic carbocycles. The van der Waals surface area contributed by atoms with Crippen LogP contribution in [0.15, 0.2) is 24.3 Å². The Kier molecular flexibility index (Phi) is 3.78. The number of nitrogens with two attached hydrogens (primary N) is 1. The Balaban J connectivity index is 1.83. The van der Waals surface area contributed by atoms with Crippen LogP contribution < -0.4 is 15.4 Å². The van der Waals surface area contributed by atoms with Gasteiger partial charge in [0.15, 0.2) is 0 Å². The van der Waals surface area contributed by atoms with Crippen LogP contribution in [0.25, 0.3) is 0 Å². The minimum Gasteiger partial charge on any atom is -0.424 e. The minimum atomic E-state index is -0.400. The van der Waals surface area contributed by atoms with E-state index in [4.69, 9.17) is 15.2 Å². The standard InChI is InChI=1S/C13H14FN5O2/c14-9-2-1-3-10(8-9)21-13-17-11(15)16-12(18-13)19-4-6-20-7-5-19/h1-3,8H,4-7H2,(H2,15,16,17,18). The summed E-state index contributed by atoms with van der Waals surface area (Å²) >= 11 is 0. The summed E-state index contributed by atoms with van der Waals surface area (Å²) in [6, 6.07) is 5.76. The van der Waals surface area contributed by atoms with Crippen molar-refractivity contribution < 1.29 is 13.9 Å². The van der Waals surface area contributed by atoms with Gasteiger partial charge in [-0.15, -0.1) is 0 Å². The van der Waals surface area contributed by atoms with Crippen molar-refractivity contribution in [1.82, 2.24) is 15.0 Å². The van der Waals surface area contributed by atoms with E-state index < -0.39 is 5.82 Å². The summed E-state index contributed by atoms with van der Waals surface area (Å²) in [5.74, 6) is 0.381. The Morgan fingerprint density at radius 3 is 2.76 bits per heavy atom. The number of halogens is 1. The second kappa shape index (κ2) is 5.88. The third-order valence-electron chi connectivity index (χ3n) is 2.92. The number of benzene rings is 1. The zero-order chi connectivity index (χ0) is 14.7. The number of nitrogens with zero attached hydrogens (tertiary/aromatic N) is 4. The van der Waals surface area contributed by atoms with Crippen LogP contribution in [0.4, 0.5) is 16.3 Å². The van der Waals surface area contributed by atoms with Crippen LogP contribution in [0.5, 0.6) is 11.8 Å². The first-order valence-electron chi connectivity index (χ1n) is 6.48. The molecular formula is C13H14FN5O2. The van der Waals surface area contributed by atoms with Crippen LogP contribution in [-0.2, 0) is 4.74 Å². The van der Waals surface area contributed by atoms with Crippen molar-refractivity contribution in [2.75, 3.05) is 36.9 Å². The van der Waals surface area contributed by atoms with Gasteiger partial charge in [0.1, 0.15) is 11.6 Å². The summed E-state index contributed by atoms with van der Waals surface area (Å²) < 4.78 is 23.8. The molecule has 1 aliphatic heterocycles. The molecule has 0 atom stereocenters. The lowest BCUT2D eigenvalue weighted by atomic mass is 10.3. The smallest absolute Gasteiger partial charge is 0.328 e. The summed E-state index contributed by atoms with van der Waals surface area (Å²) in [5.41, 5.74) is 5.68. The van der Waals surface area contributed by atoms with Gasteiger partial charge < -0.3 is 20.1 Å². The molecular weight excluding hydrogens is 277 g/mol. The number of aromatic nitrogens is 3. The van der Waals surface area contributed by atoms with E-state index in [1.807, 2.05) is 4.90 Å². The van der Waals surface area contributed by atoms with Crippen LogP contribution in [0.1, 0.15) is 0 Å². The Morgan fingerprint density at radius 1 is 1.19 bits per heavy atom. The molecule has 0 bridgehead atoms. The van der Waals surface area contributed by atoms with Crippen LogP contribution in [0, 0.1) is 5.82 Å². The summed E-state index contributed by atoms with van der Waals surface area (Å²) in [6.45, 7) is 2.54. The third kappa shape index (κ3) is 3.34. The maximum Gasteiger partial charge on any atom is 0.328 e. The minimum absolute atomic E-state index is 0.0367. The van der Waals surface area contributed by atoms with Gasteiger partial charge >= 0.3 is 6.01 Å². The normalized spacial score (nSPS) is 15.0. The summed E-state index contributed by atoms with van der Waals surface area (Å²) in [5, 5.41) is 0. The van der Waals surface area contributed by atoms with Crippen molar-refractivity contribution in [3.05, 3.63) is 30.1 Å². The van der Waals surface area contributed by atoms with E-state index in [9.17, 15) is 4.39 Å². The van der Waals surface area contributed by atoms with Crippen molar-refractivity contribution in [1.29, 1.82) is 0 Å². The quantitative estimate of drug-likeness (QED) is 0.909. The molecule has 2 heterocycles. The average Bonchev–Trinajstić information content (AvgIpc) is 2.47. The SMILES string of the molecule is Nc1nc(Oc2cccc(F)c2)nc(N2CCOCC2)n1. The number of rotatable bonds is 3. The highest BCUT2D eigenvalue weighted by Gasteiger charge is 2.16. The predicted octanol–water partition coefficient (Wildman–Crippen LogP) is 1.22. The number of morpholine rings is 1. The van der Waals surface area contributed by atoms with Crippen molar-refractivity contribution in [2.45, 2.75) is 0 Å². The van der Waals surface area contributed by atoms with E-state index in [1.165, 1.54) is 18.2 Å². The summed E-state index contributed by atoms with van der Waals surface area (Å²) in [4.78, 5) is 14.1. The van der Waals surface area contributed by atoms with Gasteiger partial charge in [-0.3, -0.25) is 0 Å². The first kappa shape index (κ1) is 13.5. The van der Waals surface area contributed by atoms with Crippen molar-refractivity contribution in [3.63, 3.8) is 0 Å². The monoisotopic (exact) mass is 291 g/mol. The molecule has 3 rings (SSSR count). The summed E-state index contributed by atoms with van der Waals surface area (Å²) in [7, 11) is 0. The summed E-state index contributed by atoms with van der Waals surface area (Å²) in [6.07, 6.45) is 0. The van der Waals surface area contributed by atoms with E-state index in [2.05, 4.69) is 15.0 Å². The van der Waals surface area contributed by atoms with Gasteiger partial charge in [-0.2, -0.15) is 15.0 Å². The molecule has 0 unspecified atom stereocenters. The van der Waals surface area contributed by atoms with E-state index in [0.29, 0.717) is 38.0 Å². The first-order valence-corrected chi connectivity index (χ1v) is 6.48. The molecule has 1 aromatic heterocycles. The molecule has 2 N–H and O–H groups in total. The first-order chi connectivity index (χ1) is 10.2. The van der Waals surface area contributed by atoms with Crippen LogP contribution in [0.2, 0.25) is 0 Å². The van der Waals surface area contributed by atoms with E-state index in [-0.39, 0.29) is 12.0 Å². The van der Waals surface area contributed by atoms with Gasteiger partial charge in [-0.1, -0.05) is 6.07 Å². The lowest BCUT2D eigenvalue weighted by Gasteiger charge is -2.26. The highest BCUT2D eigenvalue weighted by molar-refractivity contribution is 5.37. The molecule has 0 amide bonds. The molecule has 7 nitrogen and oxygen atoms in total. The van der Waals surface area contributed by atoms with Gasteiger partial charge in [0, 0.05) is 19.2 Å². The Hall–Kier alpha value is -2.48. The fraction of sp³-hybridized carbons (Fsp3) is 0.308.